The Labute approximate surface area is 247 Å². The first kappa shape index (κ1) is 32.9. The fourth-order valence-electron chi connectivity index (χ4n) is 5.29. The van der Waals surface area contributed by atoms with Crippen LogP contribution in [0.2, 0.25) is 0 Å². The summed E-state index contributed by atoms with van der Waals surface area (Å²) in [5, 5.41) is 3.54. The van der Waals surface area contributed by atoms with E-state index in [2.05, 4.69) is 77.5 Å². The summed E-state index contributed by atoms with van der Waals surface area (Å²) < 4.78 is 60.5. The maximum Gasteiger partial charge on any atom is 1.00 e. The largest absolute Gasteiger partial charge is 1.00 e. The molecule has 3 aromatic rings. The fourth-order valence-corrected chi connectivity index (χ4v) is 12.2. The number of quaternary nitrogens is 1. The van der Waals surface area contributed by atoms with Crippen LogP contribution in [0.15, 0.2) is 84.9 Å². The maximum atomic E-state index is 9.87. The van der Waals surface area contributed by atoms with Crippen LogP contribution in [0, 0.1) is 6.07 Å². The molecule has 7 rings (SSSR count). The Bertz CT molecular complexity index is 1140. The summed E-state index contributed by atoms with van der Waals surface area (Å²) in [6.07, 6.45) is 4.46. The van der Waals surface area contributed by atoms with E-state index in [9.17, 15) is 25.2 Å². The van der Waals surface area contributed by atoms with Gasteiger partial charge in [0.2, 0.25) is 0 Å². The topological polar surface area (TPSA) is 6.48 Å². The third kappa shape index (κ3) is 10.0. The average molecular weight is 808 g/mol. The zero-order valence-corrected chi connectivity index (χ0v) is 26.8. The second kappa shape index (κ2) is 11.6. The predicted octanol–water partition coefficient (Wildman–Crippen LogP) is 6.66. The van der Waals surface area contributed by atoms with E-state index in [1.165, 1.54) is 54.0 Å². The number of hydrogen-bond donors (Lipinski definition) is 0. The molecule has 0 aromatic heterocycles. The van der Waals surface area contributed by atoms with Crippen LogP contribution in [0.4, 0.5) is 25.2 Å². The Morgan fingerprint density at radius 1 is 0.795 bits per heavy atom. The van der Waals surface area contributed by atoms with E-state index in [4.69, 9.17) is 11.8 Å². The molecule has 4 saturated heterocycles. The molecule has 0 spiro atoms. The van der Waals surface area contributed by atoms with Gasteiger partial charge in [0.05, 0.1) is 21.6 Å². The van der Waals surface area contributed by atoms with Gasteiger partial charge < -0.3 is 0 Å². The van der Waals surface area contributed by atoms with Crippen molar-refractivity contribution in [3.05, 3.63) is 91.0 Å². The summed E-state index contributed by atoms with van der Waals surface area (Å²) in [4.78, 5) is 5.29. The van der Waals surface area contributed by atoms with Crippen molar-refractivity contribution in [1.29, 1.82) is 0 Å². The molecule has 0 N–H and O–H groups in total. The smallest absolute Gasteiger partial charge is 0.176 e. The van der Waals surface area contributed by atoms with Crippen molar-refractivity contribution in [3.8, 4) is 0 Å². The van der Waals surface area contributed by atoms with Crippen molar-refractivity contribution >= 4 is 49.5 Å². The number of benzene rings is 3. The van der Waals surface area contributed by atoms with Gasteiger partial charge in [-0.05, 0) is 10.6 Å². The van der Waals surface area contributed by atoms with Crippen LogP contribution in [0.3, 0.4) is 0 Å². The van der Waals surface area contributed by atoms with Crippen molar-refractivity contribution in [3.63, 3.8) is 0 Å². The molecule has 4 heterocycles. The first-order chi connectivity index (χ1) is 17.5. The zero-order valence-electron chi connectivity index (χ0n) is 21.0. The van der Waals surface area contributed by atoms with E-state index < -0.39 is 13.8 Å². The van der Waals surface area contributed by atoms with Gasteiger partial charge in [0, 0.05) is 6.04 Å². The maximum absolute atomic E-state index is 10.7. The van der Waals surface area contributed by atoms with E-state index >= 15 is 0 Å². The van der Waals surface area contributed by atoms with Crippen LogP contribution in [-0.4, -0.2) is 60.2 Å². The Hall–Kier alpha value is -0.630. The first-order valence-electron chi connectivity index (χ1n) is 11.9. The minimum Gasteiger partial charge on any atom is -0.176 e. The normalized spacial score (nSPS) is 26.9. The van der Waals surface area contributed by atoms with Crippen molar-refractivity contribution in [2.45, 2.75) is 0 Å². The minimum atomic E-state index is -10.7. The SMILES string of the molecule is C[N+]12CN3CN(C[PH+](C3)C1)C2.F[P-](F)(F)(F)(F)F.S=P(c1[c-]cccc1)(c1ccccc1)c1ccccc1.[Au+]. The molecule has 4 aliphatic heterocycles. The van der Waals surface area contributed by atoms with Gasteiger partial charge in [0.25, 0.3) is 0 Å². The number of rotatable bonds is 3. The molecular weight excluding hydrogens is 778 g/mol. The van der Waals surface area contributed by atoms with Crippen LogP contribution in [0.5, 0.6) is 0 Å². The minimum absolute atomic E-state index is 0. The Balaban J connectivity index is 0.000000185. The molecule has 3 nitrogen and oxygen atoms in total. The molecular formula is C25H30AuF6N3P3S+. The fraction of sp³-hybridized carbons (Fsp3) is 0.280. The third-order valence-electron chi connectivity index (χ3n) is 6.25. The molecule has 2 unspecified atom stereocenters. The zero-order chi connectivity index (χ0) is 27.7. The summed E-state index contributed by atoms with van der Waals surface area (Å²) in [5.74, 6) is 0. The molecule has 4 fully saturated rings. The molecule has 0 saturated carbocycles. The summed E-state index contributed by atoms with van der Waals surface area (Å²) >= 11 is 6.18. The standard InChI is InChI=1S/C18H14PS.C7H15N3P.Au.F6P/c20-19(16-10-4-1-5-11-16,17-12-6-2-7-13-17)18-14-8-3-9-15-18;1-10-3-8-2-9(4-10)6-11(5-8)7-10;;1-7(2,3,4,5)6/h1-14H;2-7H2,1H3;;/q-1;2*+1;-1/p+1. The average Bonchev–Trinajstić information content (AvgIpc) is 2.82. The predicted molar refractivity (Wildman–Crippen MR) is 152 cm³/mol. The number of halogens is 6. The van der Waals surface area contributed by atoms with E-state index in [0.717, 1.165) is 5.30 Å². The quantitative estimate of drug-likeness (QED) is 0.0963. The summed E-state index contributed by atoms with van der Waals surface area (Å²) in [5.41, 5.74) is 0. The number of hydrogen-bond acceptors (Lipinski definition) is 3. The van der Waals surface area contributed by atoms with Gasteiger partial charge >= 0.3 is 55.4 Å². The summed E-state index contributed by atoms with van der Waals surface area (Å²) in [6.45, 7) is 3.91. The van der Waals surface area contributed by atoms with Crippen LogP contribution in [-0.2, 0) is 34.2 Å². The van der Waals surface area contributed by atoms with Crippen molar-refractivity contribution in [1.82, 2.24) is 9.80 Å². The second-order valence-corrected chi connectivity index (χ2v) is 18.8. The van der Waals surface area contributed by atoms with Gasteiger partial charge in [-0.1, -0.05) is 72.5 Å². The van der Waals surface area contributed by atoms with Gasteiger partial charge in [0.15, 0.2) is 6.29 Å². The Morgan fingerprint density at radius 2 is 1.23 bits per heavy atom. The Kier molecular flexibility index (Phi) is 9.75. The van der Waals surface area contributed by atoms with Gasteiger partial charge in [-0.3, -0.25) is 4.48 Å². The van der Waals surface area contributed by atoms with E-state index in [1.54, 1.807) is 0 Å². The van der Waals surface area contributed by atoms with E-state index in [0.29, 0.717) is 0 Å². The van der Waals surface area contributed by atoms with E-state index in [1.807, 2.05) is 30.3 Å². The van der Waals surface area contributed by atoms with Gasteiger partial charge in [-0.2, -0.15) is 30.3 Å². The van der Waals surface area contributed by atoms with Crippen LogP contribution >= 0.6 is 21.8 Å². The number of nitrogens with zero attached hydrogens (tertiary/aromatic N) is 3. The Morgan fingerprint density at radius 3 is 1.59 bits per heavy atom. The van der Waals surface area contributed by atoms with Gasteiger partial charge in [-0.25, -0.2) is 9.80 Å². The monoisotopic (exact) mass is 808 g/mol. The van der Waals surface area contributed by atoms with Gasteiger partial charge in [-0.15, -0.1) is 5.30 Å². The molecule has 0 amide bonds. The second-order valence-electron chi connectivity index (χ2n) is 10.1. The molecule has 4 bridgehead atoms. The molecule has 2 atom stereocenters. The molecule has 14 heteroatoms. The molecule has 218 valence electrons. The van der Waals surface area contributed by atoms with Crippen molar-refractivity contribution in [2.75, 3.05) is 45.9 Å². The summed E-state index contributed by atoms with van der Waals surface area (Å²) in [7, 11) is -8.22. The van der Waals surface area contributed by atoms with Crippen LogP contribution < -0.4 is 15.9 Å². The molecule has 3 aromatic carbocycles. The van der Waals surface area contributed by atoms with Crippen molar-refractivity contribution in [2.24, 2.45) is 0 Å². The van der Waals surface area contributed by atoms with Crippen molar-refractivity contribution < 1.29 is 52.0 Å². The molecule has 0 radical (unpaired) electrons. The van der Waals surface area contributed by atoms with Gasteiger partial charge in [0.1, 0.15) is 25.9 Å². The molecule has 4 aliphatic rings. The first-order valence-corrected chi connectivity index (χ1v) is 18.8. The van der Waals surface area contributed by atoms with Crippen LogP contribution in [0.25, 0.3) is 0 Å². The van der Waals surface area contributed by atoms with E-state index in [-0.39, 0.29) is 30.3 Å². The van der Waals surface area contributed by atoms with Crippen LogP contribution in [0.1, 0.15) is 0 Å². The summed E-state index contributed by atoms with van der Waals surface area (Å²) in [6, 6.07) is 30.2. The molecule has 39 heavy (non-hydrogen) atoms. The molecule has 0 aliphatic carbocycles. The third-order valence-corrected chi connectivity index (χ3v) is 14.1.